The van der Waals surface area contributed by atoms with Gasteiger partial charge in [-0.2, -0.15) is 5.10 Å². The maximum absolute atomic E-state index is 11.9. The van der Waals surface area contributed by atoms with Crippen molar-refractivity contribution in [1.29, 1.82) is 0 Å². The number of pyridine rings is 1. The molecule has 8 heteroatoms. The zero-order valence-electron chi connectivity index (χ0n) is 16.4. The number of hydrogen-bond donors (Lipinski definition) is 2. The first-order chi connectivity index (χ1) is 14.5. The third kappa shape index (κ3) is 4.36. The van der Waals surface area contributed by atoms with Gasteiger partial charge in [0.1, 0.15) is 5.69 Å². The lowest BCUT2D eigenvalue weighted by Crippen LogP contribution is -2.21. The Morgan fingerprint density at radius 1 is 1.20 bits per heavy atom. The number of halogens is 2. The van der Waals surface area contributed by atoms with Crippen molar-refractivity contribution in [2.45, 2.75) is 32.2 Å². The van der Waals surface area contributed by atoms with E-state index in [-0.39, 0.29) is 0 Å². The SMILES string of the molecule is O=C(O)c1c2c(nn1CCCNCCc1ccc(Cl)cc1Cl)-c1ccncc1CC2. The van der Waals surface area contributed by atoms with Gasteiger partial charge in [-0.25, -0.2) is 4.79 Å². The number of hydrogen-bond acceptors (Lipinski definition) is 4. The number of nitrogens with zero attached hydrogens (tertiary/aromatic N) is 3. The number of benzene rings is 1. The van der Waals surface area contributed by atoms with Gasteiger partial charge in [0, 0.05) is 40.1 Å². The highest BCUT2D eigenvalue weighted by atomic mass is 35.5. The largest absolute Gasteiger partial charge is 0.477 e. The molecule has 2 N–H and O–H groups in total. The summed E-state index contributed by atoms with van der Waals surface area (Å²) in [5.41, 5.74) is 5.07. The maximum atomic E-state index is 11.9. The van der Waals surface area contributed by atoms with E-state index in [4.69, 9.17) is 23.2 Å². The fraction of sp³-hybridized carbons (Fsp3) is 0.318. The van der Waals surface area contributed by atoms with E-state index in [9.17, 15) is 9.90 Å². The zero-order valence-corrected chi connectivity index (χ0v) is 17.9. The van der Waals surface area contributed by atoms with Crippen LogP contribution in [0.5, 0.6) is 0 Å². The summed E-state index contributed by atoms with van der Waals surface area (Å²) in [5, 5.41) is 19.1. The van der Waals surface area contributed by atoms with Crippen molar-refractivity contribution in [2.75, 3.05) is 13.1 Å². The molecule has 0 amide bonds. The minimum Gasteiger partial charge on any atom is -0.477 e. The summed E-state index contributed by atoms with van der Waals surface area (Å²) in [7, 11) is 0. The molecule has 30 heavy (non-hydrogen) atoms. The smallest absolute Gasteiger partial charge is 0.354 e. The van der Waals surface area contributed by atoms with Crippen LogP contribution in [0, 0.1) is 0 Å². The van der Waals surface area contributed by atoms with Gasteiger partial charge in [0.15, 0.2) is 0 Å². The first kappa shape index (κ1) is 20.8. The van der Waals surface area contributed by atoms with Crippen molar-refractivity contribution >= 4 is 29.2 Å². The molecule has 4 rings (SSSR count). The summed E-state index contributed by atoms with van der Waals surface area (Å²) in [6, 6.07) is 7.44. The van der Waals surface area contributed by atoms with Crippen LogP contribution in [0.25, 0.3) is 11.3 Å². The van der Waals surface area contributed by atoms with E-state index in [0.717, 1.165) is 60.3 Å². The van der Waals surface area contributed by atoms with Crippen LogP contribution < -0.4 is 5.32 Å². The highest BCUT2D eigenvalue weighted by Crippen LogP contribution is 2.34. The number of aromatic nitrogens is 3. The van der Waals surface area contributed by atoms with Gasteiger partial charge in [0.25, 0.3) is 0 Å². The van der Waals surface area contributed by atoms with Crippen molar-refractivity contribution in [1.82, 2.24) is 20.1 Å². The Bertz CT molecular complexity index is 1080. The van der Waals surface area contributed by atoms with Crippen LogP contribution in [0.3, 0.4) is 0 Å². The van der Waals surface area contributed by atoms with Gasteiger partial charge in [0.05, 0.1) is 5.69 Å². The Labute approximate surface area is 184 Å². The number of aryl methyl sites for hydroxylation is 2. The highest BCUT2D eigenvalue weighted by Gasteiger charge is 2.27. The molecule has 0 radical (unpaired) electrons. The topological polar surface area (TPSA) is 80.0 Å². The molecule has 3 aromatic rings. The molecule has 1 aliphatic rings. The van der Waals surface area contributed by atoms with Crippen LogP contribution in [0.1, 0.15) is 33.6 Å². The fourth-order valence-corrected chi connectivity index (χ4v) is 4.40. The Morgan fingerprint density at radius 2 is 2.07 bits per heavy atom. The van der Waals surface area contributed by atoms with Crippen LogP contribution in [-0.2, 0) is 25.8 Å². The molecule has 0 spiro atoms. The molecule has 0 fully saturated rings. The van der Waals surface area contributed by atoms with E-state index in [0.29, 0.717) is 28.7 Å². The second-order valence-corrected chi connectivity index (χ2v) is 8.17. The van der Waals surface area contributed by atoms with Crippen LogP contribution in [-0.4, -0.2) is 38.9 Å². The van der Waals surface area contributed by atoms with E-state index >= 15 is 0 Å². The van der Waals surface area contributed by atoms with Gasteiger partial charge in [-0.1, -0.05) is 29.3 Å². The average molecular weight is 445 g/mol. The standard InChI is InChI=1S/C22H22Cl2N4O2/c23-16-4-2-14(19(24)12-16)6-9-25-8-1-11-28-21(22(29)30)18-5-3-15-13-26-10-7-17(15)20(18)27-28/h2,4,7,10,12-13,25H,1,3,5-6,8-9,11H2,(H,29,30). The van der Waals surface area contributed by atoms with E-state index in [2.05, 4.69) is 15.4 Å². The Kier molecular flexibility index (Phi) is 6.37. The zero-order chi connectivity index (χ0) is 21.1. The minimum atomic E-state index is -0.924. The lowest BCUT2D eigenvalue weighted by Gasteiger charge is -2.14. The Hall–Kier alpha value is -2.41. The second-order valence-electron chi connectivity index (χ2n) is 7.33. The van der Waals surface area contributed by atoms with Crippen molar-refractivity contribution in [3.63, 3.8) is 0 Å². The van der Waals surface area contributed by atoms with Crippen molar-refractivity contribution in [3.8, 4) is 11.3 Å². The molecule has 1 aliphatic carbocycles. The highest BCUT2D eigenvalue weighted by molar-refractivity contribution is 6.35. The van der Waals surface area contributed by atoms with E-state index in [1.807, 2.05) is 24.4 Å². The van der Waals surface area contributed by atoms with Gasteiger partial charge >= 0.3 is 5.97 Å². The third-order valence-electron chi connectivity index (χ3n) is 5.37. The molecule has 1 aromatic carbocycles. The van der Waals surface area contributed by atoms with Crippen LogP contribution in [0.4, 0.5) is 0 Å². The van der Waals surface area contributed by atoms with E-state index in [1.54, 1.807) is 16.9 Å². The molecule has 6 nitrogen and oxygen atoms in total. The number of carboxylic acid groups (broad SMARTS) is 1. The molecule has 0 atom stereocenters. The van der Waals surface area contributed by atoms with Gasteiger partial charge in [-0.05, 0) is 68.1 Å². The van der Waals surface area contributed by atoms with Crippen molar-refractivity contribution in [2.24, 2.45) is 0 Å². The van der Waals surface area contributed by atoms with Crippen LogP contribution >= 0.6 is 23.2 Å². The summed E-state index contributed by atoms with van der Waals surface area (Å²) < 4.78 is 1.64. The number of aromatic carboxylic acids is 1. The first-order valence-electron chi connectivity index (χ1n) is 9.95. The van der Waals surface area contributed by atoms with Crippen LogP contribution in [0.15, 0.2) is 36.7 Å². The predicted molar refractivity (Wildman–Crippen MR) is 117 cm³/mol. The number of fused-ring (bicyclic) bond motifs is 3. The summed E-state index contributed by atoms with van der Waals surface area (Å²) >= 11 is 12.1. The number of nitrogens with one attached hydrogen (secondary N) is 1. The van der Waals surface area contributed by atoms with Crippen molar-refractivity contribution in [3.05, 3.63) is 69.1 Å². The molecule has 0 unspecified atom stereocenters. The first-order valence-corrected chi connectivity index (χ1v) is 10.7. The molecular formula is C22H22Cl2N4O2. The second kappa shape index (κ2) is 9.16. The Morgan fingerprint density at radius 3 is 2.87 bits per heavy atom. The normalized spacial score (nSPS) is 12.5. The monoisotopic (exact) mass is 444 g/mol. The van der Waals surface area contributed by atoms with E-state index < -0.39 is 5.97 Å². The summed E-state index contributed by atoms with van der Waals surface area (Å²) in [6.07, 6.45) is 6.61. The third-order valence-corrected chi connectivity index (χ3v) is 5.95. The lowest BCUT2D eigenvalue weighted by molar-refractivity contribution is 0.0681. The van der Waals surface area contributed by atoms with Crippen LogP contribution in [0.2, 0.25) is 10.0 Å². The average Bonchev–Trinajstić information content (AvgIpc) is 3.11. The maximum Gasteiger partial charge on any atom is 0.354 e. The van der Waals surface area contributed by atoms with Gasteiger partial charge in [-0.15, -0.1) is 0 Å². The van der Waals surface area contributed by atoms with Gasteiger partial charge in [-0.3, -0.25) is 9.67 Å². The summed E-state index contributed by atoms with van der Waals surface area (Å²) in [6.45, 7) is 2.09. The molecule has 0 saturated carbocycles. The van der Waals surface area contributed by atoms with Crippen molar-refractivity contribution < 1.29 is 9.90 Å². The molecule has 2 aromatic heterocycles. The lowest BCUT2D eigenvalue weighted by atomic mass is 9.90. The molecular weight excluding hydrogens is 423 g/mol. The fourth-order valence-electron chi connectivity index (χ4n) is 3.90. The molecule has 0 bridgehead atoms. The molecule has 156 valence electrons. The molecule has 2 heterocycles. The minimum absolute atomic E-state index is 0.306. The Balaban J connectivity index is 1.36. The van der Waals surface area contributed by atoms with Gasteiger partial charge < -0.3 is 10.4 Å². The number of carboxylic acids is 1. The quantitative estimate of drug-likeness (QED) is 0.507. The molecule has 0 aliphatic heterocycles. The molecule has 0 saturated heterocycles. The van der Waals surface area contributed by atoms with Gasteiger partial charge in [0.2, 0.25) is 0 Å². The predicted octanol–water partition coefficient (Wildman–Crippen LogP) is 4.27. The number of carbonyl (C=O) groups is 1. The number of rotatable bonds is 8. The van der Waals surface area contributed by atoms with E-state index in [1.165, 1.54) is 0 Å². The summed E-state index contributed by atoms with van der Waals surface area (Å²) in [5.74, 6) is -0.924. The summed E-state index contributed by atoms with van der Waals surface area (Å²) in [4.78, 5) is 16.1.